The minimum Gasteiger partial charge on any atom is -0.465 e. The molecule has 0 bridgehead atoms. The maximum atomic E-state index is 12.3. The highest BCUT2D eigenvalue weighted by Crippen LogP contribution is 2.28. The monoisotopic (exact) mass is 537 g/mol. The molecular weight excluding hydrogens is 490 g/mol. The predicted octanol–water partition coefficient (Wildman–Crippen LogP) is 7.68. The Morgan fingerprint density at radius 2 is 1.85 bits per heavy atom. The van der Waals surface area contributed by atoms with E-state index >= 15 is 0 Å². The Morgan fingerprint density at radius 3 is 2.41 bits per heavy atom. The molecule has 2 aromatic rings. The molecule has 1 N–H and O–H groups in total. The second-order valence-electron chi connectivity index (χ2n) is 9.80. The number of fused-ring (bicyclic) bond motifs is 1. The highest BCUT2D eigenvalue weighted by molar-refractivity contribution is 5.95. The van der Waals surface area contributed by atoms with Crippen LogP contribution in [0.3, 0.4) is 0 Å². The molecule has 0 spiro atoms. The zero-order chi connectivity index (χ0) is 29.6. The minimum absolute atomic E-state index is 0.224. The zero-order valence-electron chi connectivity index (χ0n) is 25.5. The summed E-state index contributed by atoms with van der Waals surface area (Å²) in [5, 5.41) is 2.85. The van der Waals surface area contributed by atoms with Crippen LogP contribution in [0.4, 0.5) is 10.5 Å². The van der Waals surface area contributed by atoms with Gasteiger partial charge in [-0.3, -0.25) is 4.98 Å². The minimum atomic E-state index is -0.453. The summed E-state index contributed by atoms with van der Waals surface area (Å²) >= 11 is 0. The Hall–Kier alpha value is -3.61. The molecule has 0 radical (unpaired) electrons. The van der Waals surface area contributed by atoms with E-state index < -0.39 is 5.60 Å². The zero-order valence-corrected chi connectivity index (χ0v) is 25.5. The Balaban J connectivity index is 0.000000454. The van der Waals surface area contributed by atoms with E-state index in [1.165, 1.54) is 34.9 Å². The number of methoxy groups -OCH3 is 1. The van der Waals surface area contributed by atoms with Crippen LogP contribution < -0.4 is 5.32 Å². The normalized spacial score (nSPS) is 13.1. The first-order chi connectivity index (χ1) is 18.5. The van der Waals surface area contributed by atoms with Crippen molar-refractivity contribution in [2.24, 2.45) is 0 Å². The predicted molar refractivity (Wildman–Crippen MR) is 161 cm³/mol. The van der Waals surface area contributed by atoms with Gasteiger partial charge in [0.1, 0.15) is 5.60 Å². The summed E-state index contributed by atoms with van der Waals surface area (Å²) in [4.78, 5) is 29.1. The largest absolute Gasteiger partial charge is 0.465 e. The fourth-order valence-corrected chi connectivity index (χ4v) is 4.12. The van der Waals surface area contributed by atoms with E-state index in [0.717, 1.165) is 12.8 Å². The van der Waals surface area contributed by atoms with Gasteiger partial charge in [0.05, 0.1) is 24.6 Å². The Bertz CT molecular complexity index is 1150. The lowest BCUT2D eigenvalue weighted by Crippen LogP contribution is -2.39. The first-order valence-corrected chi connectivity index (χ1v) is 13.7. The van der Waals surface area contributed by atoms with Crippen molar-refractivity contribution in [2.45, 2.75) is 80.4 Å². The van der Waals surface area contributed by atoms with E-state index in [4.69, 9.17) is 4.74 Å². The molecule has 1 aromatic heterocycles. The number of amides is 1. The van der Waals surface area contributed by atoms with Crippen molar-refractivity contribution >= 4 is 23.3 Å². The molecule has 0 unspecified atom stereocenters. The molecule has 1 aliphatic heterocycles. The number of nitrogens with zero attached hydrogens (tertiary/aromatic N) is 2. The van der Waals surface area contributed by atoms with Crippen molar-refractivity contribution in [1.82, 2.24) is 9.88 Å². The number of aromatic nitrogens is 1. The number of anilines is 1. The number of hydrogen-bond acceptors (Lipinski definition) is 6. The molecule has 0 saturated heterocycles. The second kappa shape index (κ2) is 16.4. The van der Waals surface area contributed by atoms with Crippen molar-refractivity contribution in [3.05, 3.63) is 76.6 Å². The Kier molecular flexibility index (Phi) is 14.0. The van der Waals surface area contributed by atoms with Gasteiger partial charge in [-0.2, -0.15) is 0 Å². The number of carbonyl (C=O) groups excluding carboxylic acids is 2. The van der Waals surface area contributed by atoms with E-state index in [9.17, 15) is 9.59 Å². The number of esters is 1. The van der Waals surface area contributed by atoms with E-state index in [1.54, 1.807) is 30.4 Å². The van der Waals surface area contributed by atoms with E-state index in [1.807, 2.05) is 34.6 Å². The van der Waals surface area contributed by atoms with Crippen molar-refractivity contribution in [2.75, 3.05) is 26.0 Å². The summed E-state index contributed by atoms with van der Waals surface area (Å²) in [6, 6.07) is 8.21. The summed E-state index contributed by atoms with van der Waals surface area (Å²) in [6.07, 6.45) is 9.25. The molecule has 0 fully saturated rings. The van der Waals surface area contributed by atoms with Crippen LogP contribution in [0, 0.1) is 0 Å². The second-order valence-corrected chi connectivity index (χ2v) is 9.80. The first-order valence-electron chi connectivity index (χ1n) is 13.7. The van der Waals surface area contributed by atoms with Crippen molar-refractivity contribution in [1.29, 1.82) is 0 Å². The summed E-state index contributed by atoms with van der Waals surface area (Å²) in [7, 11) is 3.08. The van der Waals surface area contributed by atoms with Gasteiger partial charge in [-0.05, 0) is 81.4 Å². The lowest BCUT2D eigenvalue weighted by Gasteiger charge is -2.31. The fraction of sp³-hybridized carbons (Fsp3) is 0.469. The van der Waals surface area contributed by atoms with Crippen molar-refractivity contribution in [3.8, 4) is 0 Å². The number of benzene rings is 1. The molecule has 0 saturated carbocycles. The number of ether oxygens (including phenoxy) is 2. The average Bonchev–Trinajstić information content (AvgIpc) is 2.93. The third-order valence-corrected chi connectivity index (χ3v) is 5.90. The van der Waals surface area contributed by atoms with Crippen LogP contribution in [-0.4, -0.2) is 48.2 Å². The molecule has 0 atom stereocenters. The molecule has 1 amide bonds. The quantitative estimate of drug-likeness (QED) is 0.311. The van der Waals surface area contributed by atoms with Gasteiger partial charge in [0.15, 0.2) is 0 Å². The average molecular weight is 538 g/mol. The third kappa shape index (κ3) is 10.2. The summed E-state index contributed by atoms with van der Waals surface area (Å²) in [5.41, 5.74) is 7.13. The van der Waals surface area contributed by atoms with Gasteiger partial charge in [0.2, 0.25) is 0 Å². The number of rotatable bonds is 5. The van der Waals surface area contributed by atoms with Crippen molar-refractivity contribution in [3.63, 3.8) is 0 Å². The Morgan fingerprint density at radius 1 is 1.15 bits per heavy atom. The molecule has 39 heavy (non-hydrogen) atoms. The standard InChI is InChI=1S/C22H31NO2.C8H10N2O2.C2H6/c1-7-9-16(3)20(8-2)18-10-11-19-15-23(13-12-17(19)14-18)21(24)25-22(4,5)6;1-9-7-5-10-4-3-6(7)8(11)12-2;1-2/h8-11,14H,7,12-13,15H2,1-6H3;3-5,9H,1-2H3;1-2H3/b16-9-,20-8+;;. The van der Waals surface area contributed by atoms with E-state index in [-0.39, 0.29) is 12.1 Å². The topological polar surface area (TPSA) is 80.8 Å². The van der Waals surface area contributed by atoms with Crippen LogP contribution in [0.25, 0.3) is 5.57 Å². The van der Waals surface area contributed by atoms with Gasteiger partial charge < -0.3 is 19.7 Å². The molecule has 1 aromatic carbocycles. The van der Waals surface area contributed by atoms with Crippen molar-refractivity contribution < 1.29 is 19.1 Å². The highest BCUT2D eigenvalue weighted by Gasteiger charge is 2.26. The van der Waals surface area contributed by atoms with Gasteiger partial charge in [-0.25, -0.2) is 9.59 Å². The smallest absolute Gasteiger partial charge is 0.410 e. The van der Waals surface area contributed by atoms with Crippen LogP contribution in [-0.2, 0) is 22.4 Å². The van der Waals surface area contributed by atoms with Crippen LogP contribution >= 0.6 is 0 Å². The highest BCUT2D eigenvalue weighted by atomic mass is 16.6. The maximum Gasteiger partial charge on any atom is 0.410 e. The third-order valence-electron chi connectivity index (χ3n) is 5.90. The molecule has 214 valence electrons. The summed E-state index contributed by atoms with van der Waals surface area (Å²) < 4.78 is 10.1. The molecule has 2 heterocycles. The van der Waals surface area contributed by atoms with Crippen LogP contribution in [0.1, 0.15) is 88.9 Å². The maximum absolute atomic E-state index is 12.3. The summed E-state index contributed by atoms with van der Waals surface area (Å²) in [6.45, 7) is 17.5. The fourth-order valence-electron chi connectivity index (χ4n) is 4.12. The van der Waals surface area contributed by atoms with Gasteiger partial charge in [0.25, 0.3) is 0 Å². The number of allylic oxidation sites excluding steroid dienone is 4. The Labute approximate surface area is 235 Å². The van der Waals surface area contributed by atoms with Gasteiger partial charge in [-0.1, -0.05) is 51.1 Å². The first kappa shape index (κ1) is 33.4. The molecule has 7 nitrogen and oxygen atoms in total. The molecular formula is C32H47N3O4. The molecule has 7 heteroatoms. The molecule has 3 rings (SSSR count). The molecule has 1 aliphatic rings. The van der Waals surface area contributed by atoms with Crippen LogP contribution in [0.2, 0.25) is 0 Å². The lowest BCUT2D eigenvalue weighted by molar-refractivity contribution is 0.0223. The lowest BCUT2D eigenvalue weighted by atomic mass is 9.92. The van der Waals surface area contributed by atoms with Gasteiger partial charge in [-0.15, -0.1) is 0 Å². The SMILES string of the molecule is C/C=C(\C(C)=C/CC)c1ccc2c(c1)CCN(C(=O)OC(C)(C)C)C2.CC.CNc1cnccc1C(=O)OC. The van der Waals surface area contributed by atoms with Crippen LogP contribution in [0.15, 0.2) is 54.4 Å². The summed E-state index contributed by atoms with van der Waals surface area (Å²) in [5.74, 6) is -0.359. The number of carbonyl (C=O) groups is 2. The number of nitrogens with one attached hydrogen (secondary N) is 1. The van der Waals surface area contributed by atoms with Gasteiger partial charge in [0, 0.05) is 26.3 Å². The van der Waals surface area contributed by atoms with Crippen LogP contribution in [0.5, 0.6) is 0 Å². The van der Waals surface area contributed by atoms with Gasteiger partial charge >= 0.3 is 12.1 Å². The number of hydrogen-bond donors (Lipinski definition) is 1. The number of pyridine rings is 1. The molecule has 0 aliphatic carbocycles. The van der Waals surface area contributed by atoms with E-state index in [0.29, 0.717) is 24.3 Å². The van der Waals surface area contributed by atoms with E-state index in [2.05, 4.69) is 66.2 Å².